The first-order valence-electron chi connectivity index (χ1n) is 5.83. The van der Waals surface area contributed by atoms with Gasteiger partial charge in [0, 0.05) is 4.47 Å². The largest absolute Gasteiger partial charge is 0.497 e. The van der Waals surface area contributed by atoms with Gasteiger partial charge in [0.25, 0.3) is 0 Å². The molecule has 0 amide bonds. The Balaban J connectivity index is 1.97. The Morgan fingerprint density at radius 1 is 1.20 bits per heavy atom. The third-order valence-corrected chi connectivity index (χ3v) is 3.01. The summed E-state index contributed by atoms with van der Waals surface area (Å²) < 4.78 is 5.95. The van der Waals surface area contributed by atoms with E-state index < -0.39 is 5.97 Å². The second kappa shape index (κ2) is 6.86. The molecule has 0 spiro atoms. The number of hydrogen-bond donors (Lipinski definition) is 0. The molecule has 0 aliphatic heterocycles. The zero-order valence-electron chi connectivity index (χ0n) is 10.7. The Labute approximate surface area is 125 Å². The fourth-order valence-electron chi connectivity index (χ4n) is 1.50. The van der Waals surface area contributed by atoms with Crippen LogP contribution in [0.2, 0.25) is 0 Å². The zero-order valence-corrected chi connectivity index (χ0v) is 12.3. The summed E-state index contributed by atoms with van der Waals surface area (Å²) in [6.45, 7) is 0. The molecule has 0 N–H and O–H groups in total. The maximum Gasteiger partial charge on any atom is 0.365 e. The van der Waals surface area contributed by atoms with E-state index in [-0.39, 0.29) is 0 Å². The monoisotopic (exact) mass is 333 g/mol. The van der Waals surface area contributed by atoms with Crippen LogP contribution in [0.1, 0.15) is 15.9 Å². The fraction of sp³-hybridized carbons (Fsp3) is 0.0667. The molecule has 0 radical (unpaired) electrons. The molecule has 2 aromatic rings. The lowest BCUT2D eigenvalue weighted by atomic mass is 10.2. The molecule has 0 atom stereocenters. The van der Waals surface area contributed by atoms with Gasteiger partial charge in [-0.25, -0.2) is 4.79 Å². The van der Waals surface area contributed by atoms with Crippen molar-refractivity contribution in [1.29, 1.82) is 0 Å². The molecule has 2 aromatic carbocycles. The summed E-state index contributed by atoms with van der Waals surface area (Å²) in [5.74, 6) is 0.165. The summed E-state index contributed by atoms with van der Waals surface area (Å²) in [4.78, 5) is 16.5. The van der Waals surface area contributed by atoms with E-state index in [1.807, 2.05) is 24.3 Å². The van der Waals surface area contributed by atoms with Crippen LogP contribution in [0.4, 0.5) is 0 Å². The highest BCUT2D eigenvalue weighted by Crippen LogP contribution is 2.12. The van der Waals surface area contributed by atoms with Crippen molar-refractivity contribution in [2.24, 2.45) is 5.16 Å². The highest BCUT2D eigenvalue weighted by Gasteiger charge is 2.06. The van der Waals surface area contributed by atoms with Crippen LogP contribution in [0.25, 0.3) is 0 Å². The molecular formula is C15H12BrNO3. The minimum absolute atomic E-state index is 0.414. The van der Waals surface area contributed by atoms with Crippen molar-refractivity contribution in [3.05, 3.63) is 64.1 Å². The SMILES string of the molecule is COc1ccc(C(=O)O/N=C/c2cccc(Br)c2)cc1. The van der Waals surface area contributed by atoms with Crippen molar-refractivity contribution < 1.29 is 14.4 Å². The van der Waals surface area contributed by atoms with Gasteiger partial charge in [-0.2, -0.15) is 0 Å². The minimum atomic E-state index is -0.515. The van der Waals surface area contributed by atoms with Crippen molar-refractivity contribution in [2.75, 3.05) is 7.11 Å². The molecule has 0 heterocycles. The van der Waals surface area contributed by atoms with Gasteiger partial charge < -0.3 is 9.57 Å². The molecular weight excluding hydrogens is 322 g/mol. The maximum absolute atomic E-state index is 11.7. The highest BCUT2D eigenvalue weighted by molar-refractivity contribution is 9.10. The Hall–Kier alpha value is -2.14. The number of benzene rings is 2. The van der Waals surface area contributed by atoms with Crippen LogP contribution in [0.3, 0.4) is 0 Å². The molecule has 0 fully saturated rings. The molecule has 102 valence electrons. The lowest BCUT2D eigenvalue weighted by molar-refractivity contribution is 0.0519. The van der Waals surface area contributed by atoms with Gasteiger partial charge in [0.2, 0.25) is 0 Å². The predicted molar refractivity (Wildman–Crippen MR) is 80.1 cm³/mol. The number of rotatable bonds is 4. The molecule has 0 saturated carbocycles. The third-order valence-electron chi connectivity index (χ3n) is 2.51. The topological polar surface area (TPSA) is 47.9 Å². The standard InChI is InChI=1S/C15H12BrNO3/c1-19-14-7-5-12(6-8-14)15(18)20-17-10-11-3-2-4-13(16)9-11/h2-10H,1H3/b17-10+. The molecule has 2 rings (SSSR count). The van der Waals surface area contributed by atoms with Gasteiger partial charge in [-0.15, -0.1) is 0 Å². The Morgan fingerprint density at radius 2 is 1.95 bits per heavy atom. The molecule has 0 saturated heterocycles. The van der Waals surface area contributed by atoms with Crippen LogP contribution >= 0.6 is 15.9 Å². The molecule has 0 bridgehead atoms. The minimum Gasteiger partial charge on any atom is -0.497 e. The van der Waals surface area contributed by atoms with E-state index in [0.29, 0.717) is 11.3 Å². The quantitative estimate of drug-likeness (QED) is 0.487. The second-order valence-electron chi connectivity index (χ2n) is 3.90. The number of methoxy groups -OCH3 is 1. The summed E-state index contributed by atoms with van der Waals surface area (Å²) in [5.41, 5.74) is 1.25. The van der Waals surface area contributed by atoms with Crippen molar-refractivity contribution >= 4 is 28.1 Å². The normalized spacial score (nSPS) is 10.5. The fourth-order valence-corrected chi connectivity index (χ4v) is 1.92. The first-order valence-corrected chi connectivity index (χ1v) is 6.62. The van der Waals surface area contributed by atoms with Crippen LogP contribution in [-0.4, -0.2) is 19.3 Å². The van der Waals surface area contributed by atoms with E-state index >= 15 is 0 Å². The lowest BCUT2D eigenvalue weighted by Crippen LogP contribution is -2.00. The number of hydrogen-bond acceptors (Lipinski definition) is 4. The molecule has 4 nitrogen and oxygen atoms in total. The number of carbonyl (C=O) groups excluding carboxylic acids is 1. The van der Waals surface area contributed by atoms with Gasteiger partial charge in [0.1, 0.15) is 5.75 Å². The summed E-state index contributed by atoms with van der Waals surface area (Å²) in [5, 5.41) is 3.67. The van der Waals surface area contributed by atoms with E-state index in [9.17, 15) is 4.79 Å². The molecule has 0 aromatic heterocycles. The molecule has 20 heavy (non-hydrogen) atoms. The van der Waals surface area contributed by atoms with E-state index in [1.54, 1.807) is 31.4 Å². The maximum atomic E-state index is 11.7. The van der Waals surface area contributed by atoms with E-state index in [4.69, 9.17) is 9.57 Å². The summed E-state index contributed by atoms with van der Waals surface area (Å²) in [6, 6.07) is 14.1. The van der Waals surface area contributed by atoms with Gasteiger partial charge in [0.05, 0.1) is 18.9 Å². The van der Waals surface area contributed by atoms with Crippen molar-refractivity contribution in [1.82, 2.24) is 0 Å². The first kappa shape index (κ1) is 14.3. The predicted octanol–water partition coefficient (Wildman–Crippen LogP) is 3.65. The molecule has 0 unspecified atom stereocenters. The van der Waals surface area contributed by atoms with E-state index in [1.165, 1.54) is 6.21 Å². The first-order chi connectivity index (χ1) is 9.69. The van der Waals surface area contributed by atoms with Crippen LogP contribution in [-0.2, 0) is 4.84 Å². The van der Waals surface area contributed by atoms with Crippen molar-refractivity contribution in [3.8, 4) is 5.75 Å². The van der Waals surface area contributed by atoms with Gasteiger partial charge in [-0.3, -0.25) is 0 Å². The Morgan fingerprint density at radius 3 is 2.60 bits per heavy atom. The van der Waals surface area contributed by atoms with Gasteiger partial charge in [-0.1, -0.05) is 33.2 Å². The molecule has 0 aliphatic carbocycles. The average molecular weight is 334 g/mol. The summed E-state index contributed by atoms with van der Waals surface area (Å²) in [6.07, 6.45) is 1.48. The van der Waals surface area contributed by atoms with Crippen LogP contribution < -0.4 is 4.74 Å². The van der Waals surface area contributed by atoms with Crippen LogP contribution in [0, 0.1) is 0 Å². The van der Waals surface area contributed by atoms with Crippen LogP contribution in [0.5, 0.6) is 5.75 Å². The molecule has 5 heteroatoms. The van der Waals surface area contributed by atoms with Gasteiger partial charge in [0.15, 0.2) is 0 Å². The van der Waals surface area contributed by atoms with E-state index in [2.05, 4.69) is 21.1 Å². The number of oxime groups is 1. The van der Waals surface area contributed by atoms with Crippen molar-refractivity contribution in [3.63, 3.8) is 0 Å². The average Bonchev–Trinajstić information content (AvgIpc) is 2.47. The van der Waals surface area contributed by atoms with E-state index in [0.717, 1.165) is 10.0 Å². The second-order valence-corrected chi connectivity index (χ2v) is 4.81. The Bertz CT molecular complexity index is 623. The van der Waals surface area contributed by atoms with Crippen LogP contribution in [0.15, 0.2) is 58.2 Å². The lowest BCUT2D eigenvalue weighted by Gasteiger charge is -2.00. The molecule has 0 aliphatic rings. The highest BCUT2D eigenvalue weighted by atomic mass is 79.9. The van der Waals surface area contributed by atoms with Crippen molar-refractivity contribution in [2.45, 2.75) is 0 Å². The third kappa shape index (κ3) is 3.93. The van der Waals surface area contributed by atoms with Gasteiger partial charge >= 0.3 is 5.97 Å². The Kier molecular flexibility index (Phi) is 4.90. The van der Waals surface area contributed by atoms with Gasteiger partial charge in [-0.05, 0) is 42.0 Å². The number of ether oxygens (including phenoxy) is 1. The number of nitrogens with zero attached hydrogens (tertiary/aromatic N) is 1. The zero-order chi connectivity index (χ0) is 14.4. The summed E-state index contributed by atoms with van der Waals surface area (Å²) in [7, 11) is 1.57. The number of halogens is 1. The summed E-state index contributed by atoms with van der Waals surface area (Å²) >= 11 is 3.35. The smallest absolute Gasteiger partial charge is 0.365 e. The number of carbonyl (C=O) groups is 1.